The summed E-state index contributed by atoms with van der Waals surface area (Å²) in [6.07, 6.45) is 3.85. The van der Waals surface area contributed by atoms with Crippen molar-refractivity contribution in [3.05, 3.63) is 75.3 Å². The van der Waals surface area contributed by atoms with E-state index in [1.807, 2.05) is 25.3 Å². The van der Waals surface area contributed by atoms with Gasteiger partial charge in [0, 0.05) is 41.0 Å². The van der Waals surface area contributed by atoms with Crippen molar-refractivity contribution in [2.45, 2.75) is 46.5 Å². The van der Waals surface area contributed by atoms with E-state index in [2.05, 4.69) is 16.4 Å². The van der Waals surface area contributed by atoms with Crippen molar-refractivity contribution in [2.24, 2.45) is 0 Å². The molecular formula is C29H28N2O6. The highest BCUT2D eigenvalue weighted by Gasteiger charge is 2.56. The molecular weight excluding hydrogens is 472 g/mol. The number of phenols is 2. The second-order valence-electron chi connectivity index (χ2n) is 9.93. The van der Waals surface area contributed by atoms with Gasteiger partial charge in [-0.25, -0.2) is 0 Å². The van der Waals surface area contributed by atoms with Gasteiger partial charge in [0.25, 0.3) is 0 Å². The Labute approximate surface area is 213 Å². The average molecular weight is 501 g/mol. The van der Waals surface area contributed by atoms with E-state index in [9.17, 15) is 24.6 Å². The van der Waals surface area contributed by atoms with Gasteiger partial charge in [-0.1, -0.05) is 11.6 Å². The van der Waals surface area contributed by atoms with Crippen molar-refractivity contribution in [2.75, 3.05) is 6.54 Å². The molecule has 1 aliphatic carbocycles. The summed E-state index contributed by atoms with van der Waals surface area (Å²) in [6, 6.07) is 6.20. The molecule has 0 bridgehead atoms. The molecule has 0 saturated heterocycles. The number of ketones is 3. The van der Waals surface area contributed by atoms with Crippen molar-refractivity contribution in [3.8, 4) is 17.2 Å². The number of hydrogen-bond donors (Lipinski definition) is 4. The summed E-state index contributed by atoms with van der Waals surface area (Å²) in [6.45, 7) is 8.47. The number of aromatic hydroxyl groups is 2. The molecule has 0 saturated carbocycles. The summed E-state index contributed by atoms with van der Waals surface area (Å²) in [4.78, 5) is 42.5. The summed E-state index contributed by atoms with van der Waals surface area (Å²) in [7, 11) is 0. The summed E-state index contributed by atoms with van der Waals surface area (Å²) in [5.74, 6) is -2.38. The van der Waals surface area contributed by atoms with Gasteiger partial charge in [-0.3, -0.25) is 14.4 Å². The van der Waals surface area contributed by atoms with E-state index in [1.165, 1.54) is 19.9 Å². The lowest BCUT2D eigenvalue weighted by Gasteiger charge is -2.29. The van der Waals surface area contributed by atoms with E-state index in [0.29, 0.717) is 18.7 Å². The Morgan fingerprint density at radius 3 is 2.57 bits per heavy atom. The van der Waals surface area contributed by atoms with Crippen LogP contribution in [-0.4, -0.2) is 39.1 Å². The monoisotopic (exact) mass is 500 g/mol. The minimum Gasteiger partial charge on any atom is -0.507 e. The molecule has 1 aromatic heterocycles. The molecule has 0 unspecified atom stereocenters. The lowest BCUT2D eigenvalue weighted by Crippen LogP contribution is -2.41. The van der Waals surface area contributed by atoms with Gasteiger partial charge in [0.15, 0.2) is 17.3 Å². The molecule has 190 valence electrons. The van der Waals surface area contributed by atoms with Crippen LogP contribution in [0.3, 0.4) is 0 Å². The standard InChI is InChI=1S/C29H28N2O6/c1-13-6-7-19-18(10-13)17(12-31-19)8-9-30-15(3)22-20(33)11-21-29(5,28(22)36)24-26(35)14(2)25(34)23(16(4)32)27(24)37-21/h6-7,10-12,30-31,34-35H,8-9H2,1-5H3/b22-15+/t29-/m1/s1. The molecule has 0 fully saturated rings. The highest BCUT2D eigenvalue weighted by Crippen LogP contribution is 2.57. The minimum atomic E-state index is -1.53. The zero-order valence-corrected chi connectivity index (χ0v) is 21.3. The van der Waals surface area contributed by atoms with Gasteiger partial charge in [0.2, 0.25) is 0 Å². The van der Waals surface area contributed by atoms with Crippen LogP contribution < -0.4 is 10.1 Å². The Kier molecular flexibility index (Phi) is 5.51. The lowest BCUT2D eigenvalue weighted by atomic mass is 9.70. The Morgan fingerprint density at radius 1 is 1.14 bits per heavy atom. The van der Waals surface area contributed by atoms with Crippen LogP contribution in [0.15, 0.2) is 47.5 Å². The predicted octanol–water partition coefficient (Wildman–Crippen LogP) is 4.19. The van der Waals surface area contributed by atoms with Gasteiger partial charge in [-0.05, 0) is 58.7 Å². The van der Waals surface area contributed by atoms with Gasteiger partial charge in [0.1, 0.15) is 34.0 Å². The van der Waals surface area contributed by atoms with Crippen LogP contribution in [0.1, 0.15) is 53.4 Å². The largest absolute Gasteiger partial charge is 0.507 e. The average Bonchev–Trinajstić information content (AvgIpc) is 3.36. The van der Waals surface area contributed by atoms with Gasteiger partial charge in [0.05, 0.1) is 11.1 Å². The number of rotatable bonds is 5. The number of benzene rings is 2. The molecule has 0 spiro atoms. The van der Waals surface area contributed by atoms with Crippen LogP contribution in [0.4, 0.5) is 0 Å². The van der Waals surface area contributed by atoms with Crippen molar-refractivity contribution in [3.63, 3.8) is 0 Å². The first-order valence-electron chi connectivity index (χ1n) is 12.1. The molecule has 0 amide bonds. The fourth-order valence-corrected chi connectivity index (χ4v) is 5.33. The van der Waals surface area contributed by atoms with E-state index in [1.54, 1.807) is 13.8 Å². The fraction of sp³-hybridized carbons (Fsp3) is 0.276. The highest BCUT2D eigenvalue weighted by molar-refractivity contribution is 6.31. The number of carbonyl (C=O) groups is 3. The van der Waals surface area contributed by atoms with Crippen LogP contribution in [-0.2, 0) is 21.4 Å². The molecule has 0 radical (unpaired) electrons. The SMILES string of the molecule is CC(=O)c1c(O)c(C)c(O)c2c1OC1=CC(=O)/C(=C(/C)NCCc3c[nH]c4ccc(C)cc34)C(=O)[C@]12C. The first kappa shape index (κ1) is 24.4. The zero-order chi connectivity index (χ0) is 26.8. The number of ether oxygens (including phenoxy) is 1. The van der Waals surface area contributed by atoms with Crippen LogP contribution >= 0.6 is 0 Å². The number of phenolic OH excluding ortho intramolecular Hbond substituents is 2. The molecule has 2 heterocycles. The summed E-state index contributed by atoms with van der Waals surface area (Å²) < 4.78 is 5.80. The topological polar surface area (TPSA) is 129 Å². The number of aromatic nitrogens is 1. The summed E-state index contributed by atoms with van der Waals surface area (Å²) >= 11 is 0. The third kappa shape index (κ3) is 3.47. The smallest absolute Gasteiger partial charge is 0.194 e. The maximum Gasteiger partial charge on any atom is 0.194 e. The molecule has 1 aliphatic heterocycles. The fourth-order valence-electron chi connectivity index (χ4n) is 5.33. The van der Waals surface area contributed by atoms with Crippen LogP contribution in [0.25, 0.3) is 10.9 Å². The summed E-state index contributed by atoms with van der Waals surface area (Å²) in [5, 5.41) is 25.8. The predicted molar refractivity (Wildman–Crippen MR) is 138 cm³/mol. The number of allylic oxidation sites excluding steroid dienone is 4. The number of hydrogen-bond acceptors (Lipinski definition) is 7. The number of aryl methyl sites for hydroxylation is 1. The Bertz CT molecular complexity index is 1610. The highest BCUT2D eigenvalue weighted by atomic mass is 16.5. The molecule has 8 heteroatoms. The minimum absolute atomic E-state index is 0.0195. The van der Waals surface area contributed by atoms with E-state index >= 15 is 0 Å². The van der Waals surface area contributed by atoms with Crippen molar-refractivity contribution in [1.82, 2.24) is 10.3 Å². The van der Waals surface area contributed by atoms with Crippen molar-refractivity contribution < 1.29 is 29.3 Å². The van der Waals surface area contributed by atoms with E-state index < -0.39 is 28.5 Å². The number of fused-ring (bicyclic) bond motifs is 4. The van der Waals surface area contributed by atoms with Crippen LogP contribution in [0.5, 0.6) is 17.2 Å². The normalized spacial score (nSPS) is 19.9. The van der Waals surface area contributed by atoms with E-state index in [-0.39, 0.29) is 39.5 Å². The number of H-pyrrole nitrogens is 1. The van der Waals surface area contributed by atoms with E-state index in [4.69, 9.17) is 4.74 Å². The first-order valence-corrected chi connectivity index (χ1v) is 12.1. The zero-order valence-electron chi connectivity index (χ0n) is 21.3. The molecule has 8 nitrogen and oxygen atoms in total. The maximum atomic E-state index is 13.9. The molecule has 2 aromatic carbocycles. The van der Waals surface area contributed by atoms with Crippen LogP contribution in [0.2, 0.25) is 0 Å². The lowest BCUT2D eigenvalue weighted by molar-refractivity contribution is -0.123. The van der Waals surface area contributed by atoms with Crippen LogP contribution in [0, 0.1) is 13.8 Å². The molecule has 3 aromatic rings. The van der Waals surface area contributed by atoms with Gasteiger partial charge < -0.3 is 25.3 Å². The number of aromatic amines is 1. The second kappa shape index (κ2) is 8.37. The Morgan fingerprint density at radius 2 is 1.86 bits per heavy atom. The third-order valence-electron chi connectivity index (χ3n) is 7.47. The molecule has 1 atom stereocenters. The van der Waals surface area contributed by atoms with Crippen molar-refractivity contribution in [1.29, 1.82) is 0 Å². The summed E-state index contributed by atoms with van der Waals surface area (Å²) in [5.41, 5.74) is 2.20. The Balaban J connectivity index is 1.50. The second-order valence-corrected chi connectivity index (χ2v) is 9.93. The van der Waals surface area contributed by atoms with E-state index in [0.717, 1.165) is 22.0 Å². The third-order valence-corrected chi connectivity index (χ3v) is 7.47. The van der Waals surface area contributed by atoms with Gasteiger partial charge in [-0.2, -0.15) is 0 Å². The number of Topliss-reactive ketones (excluding diaryl/α,β-unsaturated/α-hetero) is 2. The number of nitrogens with one attached hydrogen (secondary N) is 2. The first-order chi connectivity index (χ1) is 17.5. The number of carbonyl (C=O) groups excluding carboxylic acids is 3. The molecule has 4 N–H and O–H groups in total. The maximum absolute atomic E-state index is 13.9. The van der Waals surface area contributed by atoms with Crippen molar-refractivity contribution >= 4 is 28.3 Å². The Hall–Kier alpha value is -4.33. The van der Waals surface area contributed by atoms with Gasteiger partial charge in [-0.15, -0.1) is 0 Å². The quantitative estimate of drug-likeness (QED) is 0.235. The van der Waals surface area contributed by atoms with Gasteiger partial charge >= 0.3 is 0 Å². The molecule has 37 heavy (non-hydrogen) atoms. The molecule has 5 rings (SSSR count). The molecule has 2 aliphatic rings.